The van der Waals surface area contributed by atoms with Crippen molar-refractivity contribution in [2.75, 3.05) is 5.75 Å². The van der Waals surface area contributed by atoms with Gasteiger partial charge in [0, 0.05) is 42.5 Å². The quantitative estimate of drug-likeness (QED) is 0.0795. The Morgan fingerprint density at radius 3 is 2.19 bits per heavy atom. The van der Waals surface area contributed by atoms with Gasteiger partial charge >= 0.3 is 6.03 Å². The zero-order chi connectivity index (χ0) is 33.3. The van der Waals surface area contributed by atoms with E-state index in [1.807, 2.05) is 91.0 Å². The molecule has 1 aliphatic heterocycles. The maximum atomic E-state index is 12.4. The van der Waals surface area contributed by atoms with Gasteiger partial charge in [-0.3, -0.25) is 0 Å². The molecule has 0 spiro atoms. The van der Waals surface area contributed by atoms with Gasteiger partial charge in [-0.15, -0.1) is 0 Å². The maximum Gasteiger partial charge on any atom is 0.315 e. The molecule has 8 nitrogen and oxygen atoms in total. The van der Waals surface area contributed by atoms with E-state index in [0.29, 0.717) is 23.9 Å². The Morgan fingerprint density at radius 1 is 0.771 bits per heavy atom. The Kier molecular flexibility index (Phi) is 11.0. The summed E-state index contributed by atoms with van der Waals surface area (Å²) in [7, 11) is 0. The molecule has 1 fully saturated rings. The highest BCUT2D eigenvalue weighted by Crippen LogP contribution is 2.43. The molecule has 0 radical (unpaired) electrons. The average molecular weight is 662 g/mol. The van der Waals surface area contributed by atoms with Crippen LogP contribution in [0.5, 0.6) is 0 Å². The average Bonchev–Trinajstić information content (AvgIpc) is 3.14. The molecular formula is C39H39N3O5S. The molecule has 5 aromatic rings. The molecule has 1 aromatic heterocycles. The van der Waals surface area contributed by atoms with Gasteiger partial charge in [-0.05, 0) is 45.5 Å². The highest BCUT2D eigenvalue weighted by Gasteiger charge is 2.38. The van der Waals surface area contributed by atoms with E-state index in [9.17, 15) is 15.1 Å². The summed E-state index contributed by atoms with van der Waals surface area (Å²) in [6.07, 6.45) is 0.461. The van der Waals surface area contributed by atoms with E-state index in [4.69, 9.17) is 9.47 Å². The smallest absolute Gasteiger partial charge is 0.315 e. The van der Waals surface area contributed by atoms with Crippen molar-refractivity contribution in [2.45, 2.75) is 50.1 Å². The number of nitrogens with one attached hydrogen (secondary N) is 2. The summed E-state index contributed by atoms with van der Waals surface area (Å²) in [5.74, 6) is 0.593. The van der Waals surface area contributed by atoms with Crippen molar-refractivity contribution in [1.82, 2.24) is 10.6 Å². The molecule has 246 valence electrons. The van der Waals surface area contributed by atoms with E-state index in [0.717, 1.165) is 43.7 Å². The molecule has 0 unspecified atom stereocenters. The van der Waals surface area contributed by atoms with Crippen LogP contribution in [0.4, 0.5) is 4.79 Å². The summed E-state index contributed by atoms with van der Waals surface area (Å²) in [6, 6.07) is 39.1. The highest BCUT2D eigenvalue weighted by molar-refractivity contribution is 7.99. The third-order valence-corrected chi connectivity index (χ3v) is 9.61. The number of carbonyl (C=O) groups excluding carboxylic acids is 1. The Hall–Kier alpha value is -4.67. The number of rotatable bonds is 11. The third kappa shape index (κ3) is 8.42. The minimum absolute atomic E-state index is 0.00795. The van der Waals surface area contributed by atoms with Gasteiger partial charge in [0.2, 0.25) is 0 Å². The van der Waals surface area contributed by atoms with Crippen LogP contribution < -0.4 is 15.4 Å². The van der Waals surface area contributed by atoms with Crippen LogP contribution in [0.15, 0.2) is 133 Å². The summed E-state index contributed by atoms with van der Waals surface area (Å²) >= 11 is 1.47. The Bertz CT molecular complexity index is 1790. The van der Waals surface area contributed by atoms with Crippen LogP contribution in [0.1, 0.15) is 47.1 Å². The Balaban J connectivity index is 1.14. The van der Waals surface area contributed by atoms with Crippen molar-refractivity contribution >= 4 is 17.8 Å². The number of ether oxygens (including phenoxy) is 2. The fourth-order valence-electron chi connectivity index (χ4n) is 5.72. The van der Waals surface area contributed by atoms with Crippen LogP contribution in [0.3, 0.4) is 0 Å². The molecule has 2 amide bonds. The summed E-state index contributed by atoms with van der Waals surface area (Å²) < 4.78 is 14.1. The van der Waals surface area contributed by atoms with Crippen LogP contribution >= 0.6 is 11.8 Å². The van der Waals surface area contributed by atoms with Gasteiger partial charge in [0.05, 0.1) is 18.8 Å². The van der Waals surface area contributed by atoms with Crippen LogP contribution in [0.2, 0.25) is 0 Å². The van der Waals surface area contributed by atoms with Crippen molar-refractivity contribution in [3.63, 3.8) is 0 Å². The molecule has 0 saturated carbocycles. The number of aliphatic hydroxyl groups excluding tert-OH is 1. The van der Waals surface area contributed by atoms with Crippen molar-refractivity contribution in [1.29, 1.82) is 0 Å². The van der Waals surface area contributed by atoms with Crippen molar-refractivity contribution < 1.29 is 24.1 Å². The van der Waals surface area contributed by atoms with Gasteiger partial charge in [0.25, 0.3) is 5.03 Å². The molecule has 1 saturated heterocycles. The number of pyridine rings is 1. The third-order valence-electron chi connectivity index (χ3n) is 8.50. The molecule has 6 rings (SSSR count). The predicted molar refractivity (Wildman–Crippen MR) is 186 cm³/mol. The molecule has 9 heteroatoms. The van der Waals surface area contributed by atoms with Crippen molar-refractivity contribution in [3.8, 4) is 11.1 Å². The summed E-state index contributed by atoms with van der Waals surface area (Å²) in [6.45, 7) is 2.97. The standard InChI is InChI=1S/C39H39N3O5S/c1-27-35(26-48-36-12-5-6-21-42(36)45)46-38(47-37(27)32-15-13-29(25-43)14-16-32)33-19-17-31(18-20-33)34-11-7-10-30(22-34)24-41-39(44)40-23-28-8-3-2-4-9-28/h2-22,27,35,37-38,43H,23-26H2,1H3,(H2,40,41,44)/t27-,35+,37+,38+/m0/s1. The lowest BCUT2D eigenvalue weighted by Crippen LogP contribution is -2.39. The van der Waals surface area contributed by atoms with E-state index in [1.54, 1.807) is 6.07 Å². The number of nitrogens with zero attached hydrogens (tertiary/aromatic N) is 1. The molecule has 0 bridgehead atoms. The van der Waals surface area contributed by atoms with Crippen molar-refractivity contribution in [3.05, 3.63) is 161 Å². The van der Waals surface area contributed by atoms with E-state index in [-0.39, 0.29) is 30.8 Å². The predicted octanol–water partition coefficient (Wildman–Crippen LogP) is 7.06. The second-order valence-corrected chi connectivity index (χ2v) is 12.9. The normalized spacial score (nSPS) is 19.0. The topological polar surface area (TPSA) is 107 Å². The minimum Gasteiger partial charge on any atom is -0.618 e. The van der Waals surface area contributed by atoms with Gasteiger partial charge < -0.3 is 30.4 Å². The van der Waals surface area contributed by atoms with Gasteiger partial charge in [-0.2, -0.15) is 4.73 Å². The summed E-state index contributed by atoms with van der Waals surface area (Å²) in [5.41, 5.74) is 6.85. The molecular weight excluding hydrogens is 623 g/mol. The number of carbonyl (C=O) groups is 1. The summed E-state index contributed by atoms with van der Waals surface area (Å²) in [4.78, 5) is 12.4. The van der Waals surface area contributed by atoms with Gasteiger partial charge in [-0.1, -0.05) is 116 Å². The molecule has 4 atom stereocenters. The number of urea groups is 1. The molecule has 48 heavy (non-hydrogen) atoms. The number of aliphatic hydroxyl groups is 1. The first kappa shape index (κ1) is 33.2. The van der Waals surface area contributed by atoms with E-state index < -0.39 is 6.29 Å². The summed E-state index contributed by atoms with van der Waals surface area (Å²) in [5, 5.41) is 28.3. The number of hydrogen-bond donors (Lipinski definition) is 3. The molecule has 0 aliphatic carbocycles. The first-order valence-electron chi connectivity index (χ1n) is 16.0. The lowest BCUT2D eigenvalue weighted by molar-refractivity contribution is -0.645. The van der Waals surface area contributed by atoms with Crippen molar-refractivity contribution in [2.24, 2.45) is 5.92 Å². The largest absolute Gasteiger partial charge is 0.618 e. The van der Waals surface area contributed by atoms with Crippen LogP contribution in [-0.4, -0.2) is 23.0 Å². The first-order valence-corrected chi connectivity index (χ1v) is 17.0. The van der Waals surface area contributed by atoms with Crippen LogP contribution in [-0.2, 0) is 29.2 Å². The molecule has 3 N–H and O–H groups in total. The lowest BCUT2D eigenvalue weighted by atomic mass is 9.91. The molecule has 2 heterocycles. The van der Waals surface area contributed by atoms with E-state index in [1.165, 1.54) is 18.0 Å². The fourth-order valence-corrected chi connectivity index (χ4v) is 6.80. The first-order chi connectivity index (χ1) is 23.5. The molecule has 4 aromatic carbocycles. The second kappa shape index (κ2) is 16.0. The second-order valence-electron chi connectivity index (χ2n) is 11.8. The SMILES string of the molecule is C[C@H]1[C@@H](CSc2cccc[n+]2[O-])O[C@@H](c2ccc(-c3cccc(CNC(=O)NCc4ccccc4)c3)cc2)O[C@H]1c1ccc(CO)cc1. The van der Waals surface area contributed by atoms with Crippen LogP contribution in [0.25, 0.3) is 11.1 Å². The Labute approximate surface area is 285 Å². The number of aromatic nitrogens is 1. The van der Waals surface area contributed by atoms with E-state index >= 15 is 0 Å². The molecule has 1 aliphatic rings. The van der Waals surface area contributed by atoms with Gasteiger partial charge in [0.15, 0.2) is 12.5 Å². The maximum absolute atomic E-state index is 12.4. The Morgan fingerprint density at radius 2 is 1.46 bits per heavy atom. The number of hydrogen-bond acceptors (Lipinski definition) is 6. The van der Waals surface area contributed by atoms with Crippen LogP contribution in [0, 0.1) is 11.1 Å². The van der Waals surface area contributed by atoms with Gasteiger partial charge in [-0.25, -0.2) is 4.79 Å². The van der Waals surface area contributed by atoms with E-state index in [2.05, 4.69) is 41.8 Å². The minimum atomic E-state index is -0.608. The lowest BCUT2D eigenvalue weighted by Gasteiger charge is -2.41. The number of thioether (sulfide) groups is 1. The number of amides is 2. The monoisotopic (exact) mass is 661 g/mol. The highest BCUT2D eigenvalue weighted by atomic mass is 32.2. The zero-order valence-corrected chi connectivity index (χ0v) is 27.5. The number of benzene rings is 4. The zero-order valence-electron chi connectivity index (χ0n) is 26.7. The fraction of sp³-hybridized carbons (Fsp3) is 0.231. The van der Waals surface area contributed by atoms with Gasteiger partial charge in [0.1, 0.15) is 0 Å².